The third-order valence-electron chi connectivity index (χ3n) is 3.98. The zero-order chi connectivity index (χ0) is 16.2. The van der Waals surface area contributed by atoms with Crippen LogP contribution >= 0.6 is 0 Å². The maximum absolute atomic E-state index is 12.7. The van der Waals surface area contributed by atoms with E-state index in [1.165, 1.54) is 6.08 Å². The van der Waals surface area contributed by atoms with Gasteiger partial charge in [-0.3, -0.25) is 14.5 Å². The van der Waals surface area contributed by atoms with Crippen LogP contribution in [0.2, 0.25) is 0 Å². The first-order valence-electron chi connectivity index (χ1n) is 7.56. The molecule has 1 atom stereocenters. The summed E-state index contributed by atoms with van der Waals surface area (Å²) in [5, 5.41) is 2.64. The number of nitrogens with one attached hydrogen (secondary N) is 1. The van der Waals surface area contributed by atoms with Gasteiger partial charge in [0.05, 0.1) is 0 Å². The van der Waals surface area contributed by atoms with E-state index in [1.54, 1.807) is 18.0 Å². The monoisotopic (exact) mass is 306 g/mol. The number of hydrogen-bond acceptors (Lipinski definition) is 2. The number of carbonyl (C=O) groups is 2. The second kappa shape index (κ2) is 6.48. The Labute approximate surface area is 135 Å². The fourth-order valence-corrected chi connectivity index (χ4v) is 2.85. The Morgan fingerprint density at radius 2 is 1.78 bits per heavy atom. The van der Waals surface area contributed by atoms with E-state index in [0.717, 1.165) is 16.8 Å². The molecule has 0 bridgehead atoms. The zero-order valence-corrected chi connectivity index (χ0v) is 12.9. The molecule has 4 nitrogen and oxygen atoms in total. The van der Waals surface area contributed by atoms with Gasteiger partial charge in [-0.1, -0.05) is 48.5 Å². The van der Waals surface area contributed by atoms with Gasteiger partial charge in [0, 0.05) is 25.2 Å². The van der Waals surface area contributed by atoms with Crippen LogP contribution in [-0.2, 0) is 16.0 Å². The van der Waals surface area contributed by atoms with E-state index < -0.39 is 6.04 Å². The van der Waals surface area contributed by atoms with E-state index in [0.29, 0.717) is 6.42 Å². The average molecular weight is 306 g/mol. The molecule has 2 aromatic rings. The quantitative estimate of drug-likeness (QED) is 0.885. The van der Waals surface area contributed by atoms with Crippen molar-refractivity contribution in [2.75, 3.05) is 11.9 Å². The number of para-hydroxylation sites is 1. The Morgan fingerprint density at radius 1 is 1.09 bits per heavy atom. The Morgan fingerprint density at radius 3 is 2.52 bits per heavy atom. The topological polar surface area (TPSA) is 49.4 Å². The molecule has 2 aromatic carbocycles. The number of rotatable bonds is 3. The highest BCUT2D eigenvalue weighted by molar-refractivity contribution is 6.09. The van der Waals surface area contributed by atoms with Gasteiger partial charge in [0.25, 0.3) is 5.91 Å². The Kier molecular flexibility index (Phi) is 4.24. The van der Waals surface area contributed by atoms with Crippen molar-refractivity contribution in [2.24, 2.45) is 0 Å². The van der Waals surface area contributed by atoms with Gasteiger partial charge in [-0.2, -0.15) is 0 Å². The van der Waals surface area contributed by atoms with Gasteiger partial charge in [-0.15, -0.1) is 0 Å². The summed E-state index contributed by atoms with van der Waals surface area (Å²) in [6.07, 6.45) is 3.83. The zero-order valence-electron chi connectivity index (χ0n) is 12.9. The molecule has 0 aromatic heterocycles. The summed E-state index contributed by atoms with van der Waals surface area (Å²) < 4.78 is 0. The molecule has 1 aliphatic heterocycles. The summed E-state index contributed by atoms with van der Waals surface area (Å²) in [6, 6.07) is 16.8. The van der Waals surface area contributed by atoms with Gasteiger partial charge in [-0.05, 0) is 23.3 Å². The van der Waals surface area contributed by atoms with Crippen molar-refractivity contribution in [3.63, 3.8) is 0 Å². The lowest BCUT2D eigenvalue weighted by atomic mass is 10.1. The largest absolute Gasteiger partial charge is 0.357 e. The molecule has 0 fully saturated rings. The number of amides is 2. The molecule has 1 aliphatic rings. The molecule has 1 heterocycles. The van der Waals surface area contributed by atoms with E-state index >= 15 is 0 Å². The minimum Gasteiger partial charge on any atom is -0.357 e. The van der Waals surface area contributed by atoms with Gasteiger partial charge in [0.15, 0.2) is 0 Å². The van der Waals surface area contributed by atoms with E-state index in [2.05, 4.69) is 5.32 Å². The molecular formula is C19H18N2O2. The molecule has 0 radical (unpaired) electrons. The first kappa shape index (κ1) is 15.0. The number of nitrogens with zero attached hydrogens (tertiary/aromatic N) is 1. The minimum atomic E-state index is -0.495. The van der Waals surface area contributed by atoms with Gasteiger partial charge >= 0.3 is 0 Å². The Hall–Kier alpha value is -2.88. The van der Waals surface area contributed by atoms with Crippen LogP contribution in [0, 0.1) is 0 Å². The predicted octanol–water partition coefficient (Wildman–Crippen LogP) is 2.40. The maximum atomic E-state index is 12.7. The van der Waals surface area contributed by atoms with Crippen LogP contribution in [0.4, 0.5) is 5.69 Å². The highest BCUT2D eigenvalue weighted by Gasteiger charge is 2.36. The van der Waals surface area contributed by atoms with Crippen molar-refractivity contribution in [1.29, 1.82) is 0 Å². The summed E-state index contributed by atoms with van der Waals surface area (Å²) in [6.45, 7) is 0. The van der Waals surface area contributed by atoms with Gasteiger partial charge in [-0.25, -0.2) is 0 Å². The number of benzene rings is 2. The fraction of sp³-hybridized carbons (Fsp3) is 0.158. The number of carbonyl (C=O) groups excluding carboxylic acids is 2. The SMILES string of the molecule is CNC(=O)C1Cc2ccccc2N1C(=O)C=Cc1ccccc1. The van der Waals surface area contributed by atoms with Crippen molar-refractivity contribution in [2.45, 2.75) is 12.5 Å². The number of likely N-dealkylation sites (N-methyl/N-ethyl adjacent to an activating group) is 1. The number of fused-ring (bicyclic) bond motifs is 1. The van der Waals surface area contributed by atoms with E-state index in [-0.39, 0.29) is 11.8 Å². The van der Waals surface area contributed by atoms with Crippen molar-refractivity contribution in [3.8, 4) is 0 Å². The molecule has 0 aliphatic carbocycles. The molecule has 0 spiro atoms. The number of anilines is 1. The highest BCUT2D eigenvalue weighted by Crippen LogP contribution is 2.32. The van der Waals surface area contributed by atoms with E-state index in [1.807, 2.05) is 54.6 Å². The van der Waals surface area contributed by atoms with Crippen LogP contribution in [0.5, 0.6) is 0 Å². The van der Waals surface area contributed by atoms with Crippen molar-refractivity contribution in [1.82, 2.24) is 5.32 Å². The standard InChI is InChI=1S/C19H18N2O2/c1-20-19(23)17-13-15-9-5-6-10-16(15)21(17)18(22)12-11-14-7-3-2-4-8-14/h2-12,17H,13H2,1H3,(H,20,23). The molecule has 0 saturated heterocycles. The van der Waals surface area contributed by atoms with E-state index in [9.17, 15) is 9.59 Å². The lowest BCUT2D eigenvalue weighted by molar-refractivity contribution is -0.124. The Balaban J connectivity index is 1.89. The van der Waals surface area contributed by atoms with Gasteiger partial charge in [0.1, 0.15) is 6.04 Å². The normalized spacial score (nSPS) is 16.4. The third-order valence-corrected chi connectivity index (χ3v) is 3.98. The van der Waals surface area contributed by atoms with Crippen LogP contribution in [0.3, 0.4) is 0 Å². The minimum absolute atomic E-state index is 0.150. The highest BCUT2D eigenvalue weighted by atomic mass is 16.2. The van der Waals surface area contributed by atoms with Crippen LogP contribution in [0.25, 0.3) is 6.08 Å². The molecule has 0 saturated carbocycles. The first-order chi connectivity index (χ1) is 11.2. The average Bonchev–Trinajstić information content (AvgIpc) is 2.99. The predicted molar refractivity (Wildman–Crippen MR) is 91.0 cm³/mol. The van der Waals surface area contributed by atoms with Gasteiger partial charge < -0.3 is 5.32 Å². The maximum Gasteiger partial charge on any atom is 0.251 e. The summed E-state index contributed by atoms with van der Waals surface area (Å²) in [7, 11) is 1.59. The van der Waals surface area contributed by atoms with Crippen LogP contribution in [0.1, 0.15) is 11.1 Å². The molecule has 4 heteroatoms. The van der Waals surface area contributed by atoms with Crippen molar-refractivity contribution < 1.29 is 9.59 Å². The molecule has 1 unspecified atom stereocenters. The second-order valence-corrected chi connectivity index (χ2v) is 5.42. The molecule has 1 N–H and O–H groups in total. The van der Waals surface area contributed by atoms with Crippen molar-refractivity contribution >= 4 is 23.6 Å². The lowest BCUT2D eigenvalue weighted by Crippen LogP contribution is -2.46. The van der Waals surface area contributed by atoms with Crippen LogP contribution < -0.4 is 10.2 Å². The second-order valence-electron chi connectivity index (χ2n) is 5.42. The molecular weight excluding hydrogens is 288 g/mol. The summed E-state index contributed by atoms with van der Waals surface area (Å²) >= 11 is 0. The van der Waals surface area contributed by atoms with E-state index in [4.69, 9.17) is 0 Å². The molecule has 23 heavy (non-hydrogen) atoms. The smallest absolute Gasteiger partial charge is 0.251 e. The lowest BCUT2D eigenvalue weighted by Gasteiger charge is -2.23. The van der Waals surface area contributed by atoms with Crippen molar-refractivity contribution in [3.05, 3.63) is 71.8 Å². The number of hydrogen-bond donors (Lipinski definition) is 1. The summed E-state index contributed by atoms with van der Waals surface area (Å²) in [5.41, 5.74) is 2.77. The molecule has 3 rings (SSSR count). The summed E-state index contributed by atoms with van der Waals surface area (Å²) in [4.78, 5) is 26.4. The van der Waals surface area contributed by atoms with Crippen LogP contribution in [-0.4, -0.2) is 24.9 Å². The first-order valence-corrected chi connectivity index (χ1v) is 7.56. The van der Waals surface area contributed by atoms with Crippen LogP contribution in [0.15, 0.2) is 60.7 Å². The molecule has 116 valence electrons. The molecule has 2 amide bonds. The van der Waals surface area contributed by atoms with Gasteiger partial charge in [0.2, 0.25) is 5.91 Å². The third kappa shape index (κ3) is 3.01. The summed E-state index contributed by atoms with van der Waals surface area (Å²) in [5.74, 6) is -0.338. The Bertz CT molecular complexity index is 753. The fourth-order valence-electron chi connectivity index (χ4n) is 2.85.